The first-order chi connectivity index (χ1) is 14.0. The molecule has 29 heavy (non-hydrogen) atoms. The Morgan fingerprint density at radius 2 is 1.97 bits per heavy atom. The van der Waals surface area contributed by atoms with E-state index in [0.29, 0.717) is 29.3 Å². The van der Waals surface area contributed by atoms with Crippen LogP contribution in [0.3, 0.4) is 0 Å². The van der Waals surface area contributed by atoms with Crippen molar-refractivity contribution in [2.75, 3.05) is 18.5 Å². The number of benzene rings is 2. The summed E-state index contributed by atoms with van der Waals surface area (Å²) in [4.78, 5) is 36.4. The lowest BCUT2D eigenvalue weighted by atomic mass is 9.88. The molecule has 8 nitrogen and oxygen atoms in total. The fourth-order valence-corrected chi connectivity index (χ4v) is 3.51. The molecule has 2 aliphatic rings. The lowest BCUT2D eigenvalue weighted by Crippen LogP contribution is -2.35. The second kappa shape index (κ2) is 7.75. The molecule has 2 atom stereocenters. The van der Waals surface area contributed by atoms with E-state index in [2.05, 4.69) is 21.2 Å². The van der Waals surface area contributed by atoms with E-state index in [-0.39, 0.29) is 24.3 Å². The molecule has 0 aliphatic carbocycles. The van der Waals surface area contributed by atoms with E-state index in [4.69, 9.17) is 4.74 Å². The Morgan fingerprint density at radius 3 is 2.76 bits per heavy atom. The van der Waals surface area contributed by atoms with Gasteiger partial charge in [-0.3, -0.25) is 14.4 Å². The van der Waals surface area contributed by atoms with E-state index in [9.17, 15) is 14.4 Å². The zero-order valence-corrected chi connectivity index (χ0v) is 15.8. The molecule has 2 unspecified atom stereocenters. The minimum atomic E-state index is -0.842. The Labute approximate surface area is 167 Å². The molecule has 0 aromatic heterocycles. The maximum Gasteiger partial charge on any atom is 0.262 e. The number of amides is 3. The predicted octanol–water partition coefficient (Wildman–Crippen LogP) is 1.39. The van der Waals surface area contributed by atoms with E-state index >= 15 is 0 Å². The van der Waals surface area contributed by atoms with Crippen LogP contribution >= 0.6 is 0 Å². The van der Waals surface area contributed by atoms with Gasteiger partial charge >= 0.3 is 0 Å². The third-order valence-corrected chi connectivity index (χ3v) is 5.06. The van der Waals surface area contributed by atoms with E-state index in [0.717, 1.165) is 5.56 Å². The van der Waals surface area contributed by atoms with Gasteiger partial charge in [-0.1, -0.05) is 30.3 Å². The minimum absolute atomic E-state index is 0.0124. The number of ether oxygens (including phenoxy) is 1. The summed E-state index contributed by atoms with van der Waals surface area (Å²) in [5, 5.41) is 9.64. The van der Waals surface area contributed by atoms with Gasteiger partial charge in [0.05, 0.1) is 11.4 Å². The normalized spacial score (nSPS) is 20.9. The fourth-order valence-electron chi connectivity index (χ4n) is 3.51. The molecule has 2 aromatic carbocycles. The summed E-state index contributed by atoms with van der Waals surface area (Å²) in [5.74, 6) is -1.49. The molecule has 0 saturated carbocycles. The molecule has 2 aromatic rings. The van der Waals surface area contributed by atoms with E-state index in [1.807, 2.05) is 30.3 Å². The van der Waals surface area contributed by atoms with Gasteiger partial charge in [0.25, 0.3) is 11.8 Å². The highest BCUT2D eigenvalue weighted by Crippen LogP contribution is 2.30. The Balaban J connectivity index is 1.49. The topological polar surface area (TPSA) is 109 Å². The highest BCUT2D eigenvalue weighted by Gasteiger charge is 2.41. The summed E-state index contributed by atoms with van der Waals surface area (Å²) in [6.07, 6.45) is 0. The van der Waals surface area contributed by atoms with Crippen molar-refractivity contribution >= 4 is 29.1 Å². The highest BCUT2D eigenvalue weighted by atomic mass is 16.5. The number of hydrogen-bond donors (Lipinski definition) is 3. The minimum Gasteiger partial charge on any atom is -0.482 e. The molecule has 0 bridgehead atoms. The average molecular weight is 392 g/mol. The second-order valence-corrected chi connectivity index (χ2v) is 6.96. The molecule has 0 radical (unpaired) electrons. The average Bonchev–Trinajstić information content (AvgIpc) is 3.13. The second-order valence-electron chi connectivity index (χ2n) is 6.96. The first kappa shape index (κ1) is 18.7. The van der Waals surface area contributed by atoms with Crippen molar-refractivity contribution in [3.63, 3.8) is 0 Å². The van der Waals surface area contributed by atoms with Gasteiger partial charge in [0.2, 0.25) is 5.91 Å². The van der Waals surface area contributed by atoms with Crippen LogP contribution in [0.1, 0.15) is 24.0 Å². The fraction of sp³-hybridized carbons (Fsp3) is 0.238. The van der Waals surface area contributed by atoms with Crippen LogP contribution in [0.2, 0.25) is 0 Å². The number of nitrogens with one attached hydrogen (secondary N) is 3. The zero-order valence-electron chi connectivity index (χ0n) is 15.8. The number of fused-ring (bicyclic) bond motifs is 1. The maximum absolute atomic E-state index is 12.7. The lowest BCUT2D eigenvalue weighted by Gasteiger charge is -2.18. The molecule has 148 valence electrons. The van der Waals surface area contributed by atoms with E-state index < -0.39 is 11.8 Å². The third-order valence-electron chi connectivity index (χ3n) is 5.06. The van der Waals surface area contributed by atoms with Crippen molar-refractivity contribution in [3.05, 3.63) is 59.7 Å². The molecule has 0 spiro atoms. The van der Waals surface area contributed by atoms with Crippen molar-refractivity contribution in [2.24, 2.45) is 11.0 Å². The van der Waals surface area contributed by atoms with Crippen LogP contribution in [0.4, 0.5) is 5.69 Å². The summed E-state index contributed by atoms with van der Waals surface area (Å²) in [7, 11) is 0. The van der Waals surface area contributed by atoms with Crippen molar-refractivity contribution in [1.29, 1.82) is 0 Å². The van der Waals surface area contributed by atoms with Crippen LogP contribution in [-0.2, 0) is 14.4 Å². The molecule has 4 rings (SSSR count). The van der Waals surface area contributed by atoms with Crippen molar-refractivity contribution < 1.29 is 19.1 Å². The van der Waals surface area contributed by atoms with Gasteiger partial charge in [0.1, 0.15) is 11.7 Å². The van der Waals surface area contributed by atoms with Crippen LogP contribution in [-0.4, -0.2) is 36.6 Å². The quantitative estimate of drug-likeness (QED) is 0.415. The number of hydrogen-bond acceptors (Lipinski definition) is 5. The van der Waals surface area contributed by atoms with Gasteiger partial charge in [-0.2, -0.15) is 5.10 Å². The number of carbonyl (C=O) groups excluding carboxylic acids is 3. The van der Waals surface area contributed by atoms with Crippen LogP contribution in [0, 0.1) is 5.92 Å². The number of nitrogens with zero attached hydrogens (tertiary/aromatic N) is 1. The first-order valence-corrected chi connectivity index (χ1v) is 9.27. The van der Waals surface area contributed by atoms with Gasteiger partial charge in [0.15, 0.2) is 6.61 Å². The molecule has 8 heteroatoms. The predicted molar refractivity (Wildman–Crippen MR) is 107 cm³/mol. The molecule has 3 N–H and O–H groups in total. The molecular weight excluding hydrogens is 372 g/mol. The molecule has 1 saturated heterocycles. The van der Waals surface area contributed by atoms with Gasteiger partial charge in [0, 0.05) is 12.5 Å². The Bertz CT molecular complexity index is 1000. The Kier molecular flexibility index (Phi) is 4.99. The van der Waals surface area contributed by atoms with Crippen LogP contribution in [0.5, 0.6) is 5.75 Å². The molecule has 2 aliphatic heterocycles. The molecule has 3 amide bonds. The number of carbonyl (C=O) groups is 3. The summed E-state index contributed by atoms with van der Waals surface area (Å²) in [6.45, 7) is 2.13. The van der Waals surface area contributed by atoms with Gasteiger partial charge < -0.3 is 15.4 Å². The first-order valence-electron chi connectivity index (χ1n) is 9.27. The van der Waals surface area contributed by atoms with Crippen LogP contribution in [0.25, 0.3) is 0 Å². The lowest BCUT2D eigenvalue weighted by molar-refractivity contribution is -0.133. The SMILES string of the molecule is C/C(=N\NC(=O)C1C(=O)NCC1c1ccccc1)c1ccc2c(c1)NC(=O)CO2. The number of rotatable bonds is 4. The zero-order chi connectivity index (χ0) is 20.4. The summed E-state index contributed by atoms with van der Waals surface area (Å²) < 4.78 is 5.34. The van der Waals surface area contributed by atoms with Crippen LogP contribution in [0.15, 0.2) is 53.6 Å². The van der Waals surface area contributed by atoms with Crippen LogP contribution < -0.4 is 20.8 Å². The summed E-state index contributed by atoms with van der Waals surface area (Å²) in [5.41, 5.74) is 5.24. The smallest absolute Gasteiger partial charge is 0.262 e. The number of hydrazone groups is 1. The highest BCUT2D eigenvalue weighted by molar-refractivity contribution is 6.05. The summed E-state index contributed by atoms with van der Waals surface area (Å²) >= 11 is 0. The van der Waals surface area contributed by atoms with Crippen molar-refractivity contribution in [1.82, 2.24) is 10.7 Å². The maximum atomic E-state index is 12.7. The largest absolute Gasteiger partial charge is 0.482 e. The van der Waals surface area contributed by atoms with Gasteiger partial charge in [-0.25, -0.2) is 5.43 Å². The van der Waals surface area contributed by atoms with E-state index in [1.54, 1.807) is 25.1 Å². The molecular formula is C21H20N4O4. The summed E-state index contributed by atoms with van der Waals surface area (Å²) in [6, 6.07) is 14.7. The van der Waals surface area contributed by atoms with Crippen molar-refractivity contribution in [3.8, 4) is 5.75 Å². The van der Waals surface area contributed by atoms with Gasteiger partial charge in [-0.15, -0.1) is 0 Å². The van der Waals surface area contributed by atoms with Gasteiger partial charge in [-0.05, 0) is 36.2 Å². The Hall–Kier alpha value is -3.68. The molecule has 1 fully saturated rings. The third kappa shape index (κ3) is 3.82. The monoisotopic (exact) mass is 392 g/mol. The molecule has 2 heterocycles. The van der Waals surface area contributed by atoms with E-state index in [1.165, 1.54) is 0 Å². The number of anilines is 1. The standard InChI is InChI=1S/C21H20N4O4/c1-12(14-7-8-17-16(9-14)23-18(26)11-29-17)24-25-21(28)19-15(10-22-20(19)27)13-5-3-2-4-6-13/h2-9,15,19H,10-11H2,1H3,(H,22,27)(H,23,26)(H,25,28)/b24-12+. The van der Waals surface area contributed by atoms with Crippen molar-refractivity contribution in [2.45, 2.75) is 12.8 Å². The Morgan fingerprint density at radius 1 is 1.17 bits per heavy atom.